The molecule has 1 saturated heterocycles. The third-order valence-corrected chi connectivity index (χ3v) is 5.24. The molecule has 1 atom stereocenters. The number of likely N-dealkylation sites (N-methyl/N-ethyl adjacent to an activating group) is 1. The molecule has 10 heteroatoms. The summed E-state index contributed by atoms with van der Waals surface area (Å²) in [6.45, 7) is 5.15. The first-order chi connectivity index (χ1) is 12.7. The summed E-state index contributed by atoms with van der Waals surface area (Å²) >= 11 is 30.3. The first kappa shape index (κ1) is 21.2. The second kappa shape index (κ2) is 8.85. The SMILES string of the molecule is CCN1CCCC(Nc2nc(-c3cc(Cl)cc(Cl)c3)nc(C(Cl)(Cl)Cl)n2)C1. The second-order valence-electron chi connectivity index (χ2n) is 6.34. The van der Waals surface area contributed by atoms with E-state index in [9.17, 15) is 0 Å². The minimum Gasteiger partial charge on any atom is -0.350 e. The van der Waals surface area contributed by atoms with Crippen LogP contribution >= 0.6 is 58.0 Å². The fourth-order valence-corrected chi connectivity index (χ4v) is 3.80. The maximum atomic E-state index is 6.10. The smallest absolute Gasteiger partial charge is 0.250 e. The van der Waals surface area contributed by atoms with Gasteiger partial charge in [0, 0.05) is 28.2 Å². The van der Waals surface area contributed by atoms with Crippen LogP contribution in [0.2, 0.25) is 10.0 Å². The topological polar surface area (TPSA) is 53.9 Å². The summed E-state index contributed by atoms with van der Waals surface area (Å²) in [5, 5.41) is 4.28. The van der Waals surface area contributed by atoms with E-state index in [1.807, 2.05) is 0 Å². The number of benzene rings is 1. The largest absolute Gasteiger partial charge is 0.350 e. The lowest BCUT2D eigenvalue weighted by molar-refractivity contribution is 0.226. The highest BCUT2D eigenvalue weighted by Crippen LogP contribution is 2.37. The molecule has 0 saturated carbocycles. The molecule has 1 aliphatic rings. The van der Waals surface area contributed by atoms with Crippen LogP contribution in [0, 0.1) is 0 Å². The first-order valence-electron chi connectivity index (χ1n) is 8.53. The highest BCUT2D eigenvalue weighted by Gasteiger charge is 2.29. The number of nitrogens with zero attached hydrogens (tertiary/aromatic N) is 4. The molecule has 1 aliphatic heterocycles. The molecular weight excluding hydrogens is 451 g/mol. The number of halogens is 5. The molecular formula is C17H18Cl5N5. The van der Waals surface area contributed by atoms with E-state index >= 15 is 0 Å². The molecule has 0 spiro atoms. The normalized spacial score (nSPS) is 18.5. The summed E-state index contributed by atoms with van der Waals surface area (Å²) in [6, 6.07) is 5.24. The van der Waals surface area contributed by atoms with Gasteiger partial charge in [0.15, 0.2) is 11.6 Å². The molecule has 1 fully saturated rings. The third kappa shape index (κ3) is 5.72. The molecule has 1 unspecified atom stereocenters. The molecule has 3 rings (SSSR count). The van der Waals surface area contributed by atoms with Crippen molar-refractivity contribution in [3.63, 3.8) is 0 Å². The standard InChI is InChI=1S/C17H18Cl5N5/c1-2-27-5-3-4-13(9-27)23-16-25-14(24-15(26-16)17(20,21)22)10-6-11(18)8-12(19)7-10/h6-8,13H,2-5,9H2,1H3,(H,23,24,25,26). The van der Waals surface area contributed by atoms with Crippen LogP contribution in [0.1, 0.15) is 25.6 Å². The van der Waals surface area contributed by atoms with E-state index in [4.69, 9.17) is 58.0 Å². The van der Waals surface area contributed by atoms with E-state index in [1.54, 1.807) is 18.2 Å². The van der Waals surface area contributed by atoms with Crippen molar-refractivity contribution >= 4 is 64.0 Å². The lowest BCUT2D eigenvalue weighted by atomic mass is 10.1. The van der Waals surface area contributed by atoms with Crippen molar-refractivity contribution in [2.45, 2.75) is 29.6 Å². The lowest BCUT2D eigenvalue weighted by Crippen LogP contribution is -2.42. The Morgan fingerprint density at radius 2 is 1.81 bits per heavy atom. The molecule has 5 nitrogen and oxygen atoms in total. The van der Waals surface area contributed by atoms with E-state index in [1.165, 1.54) is 0 Å². The Hall–Kier alpha value is -0.560. The molecule has 27 heavy (non-hydrogen) atoms. The average Bonchev–Trinajstić information content (AvgIpc) is 2.60. The summed E-state index contributed by atoms with van der Waals surface area (Å²) in [4.78, 5) is 15.5. The van der Waals surface area contributed by atoms with Crippen LogP contribution in [0.4, 0.5) is 5.95 Å². The molecule has 0 bridgehead atoms. The molecule has 1 aromatic heterocycles. The molecule has 2 heterocycles. The Morgan fingerprint density at radius 1 is 1.11 bits per heavy atom. The van der Waals surface area contributed by atoms with Crippen molar-refractivity contribution in [3.05, 3.63) is 34.1 Å². The van der Waals surface area contributed by atoms with Gasteiger partial charge in [0.1, 0.15) is 0 Å². The number of piperidine rings is 1. The summed E-state index contributed by atoms with van der Waals surface area (Å²) in [5.41, 5.74) is 0.618. The van der Waals surface area contributed by atoms with Crippen molar-refractivity contribution in [3.8, 4) is 11.4 Å². The van der Waals surface area contributed by atoms with Crippen LogP contribution in [0.3, 0.4) is 0 Å². The van der Waals surface area contributed by atoms with Crippen LogP contribution in [-0.4, -0.2) is 45.5 Å². The minimum absolute atomic E-state index is 0.0410. The predicted octanol–water partition coefficient (Wildman–Crippen LogP) is 5.57. The number of alkyl halides is 3. The van der Waals surface area contributed by atoms with Crippen LogP contribution < -0.4 is 5.32 Å². The van der Waals surface area contributed by atoms with Gasteiger partial charge in [-0.2, -0.15) is 9.97 Å². The van der Waals surface area contributed by atoms with Crippen molar-refractivity contribution in [1.29, 1.82) is 0 Å². The van der Waals surface area contributed by atoms with Crippen LogP contribution in [0.5, 0.6) is 0 Å². The van der Waals surface area contributed by atoms with Gasteiger partial charge in [-0.25, -0.2) is 4.98 Å². The Morgan fingerprint density at radius 3 is 2.44 bits per heavy atom. The van der Waals surface area contributed by atoms with Gasteiger partial charge < -0.3 is 10.2 Å². The minimum atomic E-state index is -1.78. The summed E-state index contributed by atoms with van der Waals surface area (Å²) in [6.07, 6.45) is 2.12. The molecule has 2 aromatic rings. The van der Waals surface area contributed by atoms with Gasteiger partial charge in [-0.1, -0.05) is 64.9 Å². The van der Waals surface area contributed by atoms with Crippen LogP contribution in [-0.2, 0) is 3.79 Å². The lowest BCUT2D eigenvalue weighted by Gasteiger charge is -2.32. The fraction of sp³-hybridized carbons (Fsp3) is 0.471. The second-order valence-corrected chi connectivity index (χ2v) is 9.49. The monoisotopic (exact) mass is 467 g/mol. The predicted molar refractivity (Wildman–Crippen MR) is 113 cm³/mol. The number of likely N-dealkylation sites (tertiary alicyclic amines) is 1. The third-order valence-electron chi connectivity index (χ3n) is 4.30. The van der Waals surface area contributed by atoms with E-state index in [2.05, 4.69) is 32.1 Å². The van der Waals surface area contributed by atoms with Gasteiger partial charge in [-0.3, -0.25) is 0 Å². The fourth-order valence-electron chi connectivity index (χ4n) is 3.02. The van der Waals surface area contributed by atoms with E-state index < -0.39 is 3.79 Å². The van der Waals surface area contributed by atoms with Gasteiger partial charge in [-0.05, 0) is 44.1 Å². The molecule has 1 aromatic carbocycles. The van der Waals surface area contributed by atoms with Crippen molar-refractivity contribution in [2.75, 3.05) is 25.0 Å². The molecule has 0 radical (unpaired) electrons. The number of hydrogen-bond acceptors (Lipinski definition) is 5. The van der Waals surface area contributed by atoms with Crippen LogP contribution in [0.25, 0.3) is 11.4 Å². The van der Waals surface area contributed by atoms with Gasteiger partial charge in [0.05, 0.1) is 0 Å². The Balaban J connectivity index is 1.96. The average molecular weight is 470 g/mol. The number of hydrogen-bond donors (Lipinski definition) is 1. The highest BCUT2D eigenvalue weighted by molar-refractivity contribution is 6.66. The van der Waals surface area contributed by atoms with E-state index in [0.717, 1.165) is 32.5 Å². The Bertz CT molecular complexity index is 791. The van der Waals surface area contributed by atoms with E-state index in [-0.39, 0.29) is 11.9 Å². The van der Waals surface area contributed by atoms with Crippen molar-refractivity contribution in [2.24, 2.45) is 0 Å². The Labute approximate surface area is 183 Å². The van der Waals surface area contributed by atoms with E-state index in [0.29, 0.717) is 27.4 Å². The van der Waals surface area contributed by atoms with Crippen molar-refractivity contribution < 1.29 is 0 Å². The van der Waals surface area contributed by atoms with Gasteiger partial charge in [-0.15, -0.1) is 0 Å². The number of anilines is 1. The maximum absolute atomic E-state index is 6.10. The molecule has 0 amide bonds. The zero-order valence-electron chi connectivity index (χ0n) is 14.5. The summed E-state index contributed by atoms with van der Waals surface area (Å²) in [5.74, 6) is 0.737. The number of nitrogens with one attached hydrogen (secondary N) is 1. The van der Waals surface area contributed by atoms with Gasteiger partial charge in [0.2, 0.25) is 9.74 Å². The highest BCUT2D eigenvalue weighted by atomic mass is 35.6. The molecule has 1 N–H and O–H groups in total. The summed E-state index contributed by atoms with van der Waals surface area (Å²) < 4.78 is -1.78. The van der Waals surface area contributed by atoms with Crippen molar-refractivity contribution in [1.82, 2.24) is 19.9 Å². The zero-order valence-corrected chi connectivity index (χ0v) is 18.3. The van der Waals surface area contributed by atoms with Crippen LogP contribution in [0.15, 0.2) is 18.2 Å². The zero-order chi connectivity index (χ0) is 19.6. The quantitative estimate of drug-likeness (QED) is 0.594. The molecule has 0 aliphatic carbocycles. The number of aromatic nitrogens is 3. The Kier molecular flexibility index (Phi) is 6.93. The summed E-state index contributed by atoms with van der Waals surface area (Å²) in [7, 11) is 0. The maximum Gasteiger partial charge on any atom is 0.250 e. The van der Waals surface area contributed by atoms with Gasteiger partial charge >= 0.3 is 0 Å². The van der Waals surface area contributed by atoms with Gasteiger partial charge in [0.25, 0.3) is 0 Å². The molecule has 146 valence electrons. The number of rotatable bonds is 4. The first-order valence-corrected chi connectivity index (χ1v) is 10.4.